The fraction of sp³-hybridized carbons (Fsp3) is 1.00. The van der Waals surface area contributed by atoms with Gasteiger partial charge < -0.3 is 5.32 Å². The first-order valence-electron chi connectivity index (χ1n) is 8.59. The molecule has 0 aliphatic carbocycles. The van der Waals surface area contributed by atoms with Crippen LogP contribution in [0.15, 0.2) is 0 Å². The van der Waals surface area contributed by atoms with Gasteiger partial charge in [-0.3, -0.25) is 4.90 Å². The first-order valence-corrected chi connectivity index (χ1v) is 8.59. The third-order valence-corrected chi connectivity index (χ3v) is 5.22. The molecule has 114 valence electrons. The van der Waals surface area contributed by atoms with Gasteiger partial charge in [0.1, 0.15) is 0 Å². The SMILES string of the molecule is CCCCCCC(C)N1CC(CC)(CC)NCC1C. The van der Waals surface area contributed by atoms with Gasteiger partial charge in [-0.05, 0) is 33.1 Å². The van der Waals surface area contributed by atoms with Crippen molar-refractivity contribution in [1.82, 2.24) is 10.2 Å². The van der Waals surface area contributed by atoms with Crippen molar-refractivity contribution in [3.8, 4) is 0 Å². The van der Waals surface area contributed by atoms with Crippen molar-refractivity contribution in [3.63, 3.8) is 0 Å². The zero-order valence-electron chi connectivity index (χ0n) is 14.0. The van der Waals surface area contributed by atoms with E-state index in [-0.39, 0.29) is 0 Å². The maximum atomic E-state index is 3.80. The summed E-state index contributed by atoms with van der Waals surface area (Å²) in [5.74, 6) is 0. The van der Waals surface area contributed by atoms with Crippen molar-refractivity contribution in [1.29, 1.82) is 0 Å². The second-order valence-electron chi connectivity index (χ2n) is 6.59. The van der Waals surface area contributed by atoms with Gasteiger partial charge in [-0.1, -0.05) is 46.5 Å². The Hall–Kier alpha value is -0.0800. The van der Waals surface area contributed by atoms with Crippen LogP contribution >= 0.6 is 0 Å². The van der Waals surface area contributed by atoms with E-state index < -0.39 is 0 Å². The maximum Gasteiger partial charge on any atom is 0.0304 e. The predicted molar refractivity (Wildman–Crippen MR) is 85.7 cm³/mol. The molecule has 0 aromatic rings. The first-order chi connectivity index (χ1) is 9.08. The van der Waals surface area contributed by atoms with Gasteiger partial charge in [-0.15, -0.1) is 0 Å². The van der Waals surface area contributed by atoms with Crippen LogP contribution in [0.3, 0.4) is 0 Å². The molecule has 0 aromatic carbocycles. The molecule has 0 radical (unpaired) electrons. The van der Waals surface area contributed by atoms with Crippen LogP contribution in [-0.4, -0.2) is 35.6 Å². The molecule has 2 nitrogen and oxygen atoms in total. The molecule has 1 N–H and O–H groups in total. The van der Waals surface area contributed by atoms with Gasteiger partial charge in [-0.2, -0.15) is 0 Å². The Labute approximate surface area is 121 Å². The molecular formula is C17H36N2. The summed E-state index contributed by atoms with van der Waals surface area (Å²) < 4.78 is 0. The van der Waals surface area contributed by atoms with Crippen molar-refractivity contribution in [3.05, 3.63) is 0 Å². The van der Waals surface area contributed by atoms with E-state index in [1.165, 1.54) is 51.5 Å². The molecule has 2 unspecified atom stereocenters. The van der Waals surface area contributed by atoms with Crippen LogP contribution in [0, 0.1) is 0 Å². The van der Waals surface area contributed by atoms with Crippen LogP contribution in [0.4, 0.5) is 0 Å². The summed E-state index contributed by atoms with van der Waals surface area (Å²) in [6.07, 6.45) is 9.41. The monoisotopic (exact) mass is 268 g/mol. The van der Waals surface area contributed by atoms with Crippen LogP contribution in [0.1, 0.15) is 79.6 Å². The Kier molecular flexibility index (Phi) is 7.38. The van der Waals surface area contributed by atoms with E-state index in [0.717, 1.165) is 12.6 Å². The lowest BCUT2D eigenvalue weighted by Crippen LogP contribution is -2.64. The van der Waals surface area contributed by atoms with Crippen LogP contribution in [0.2, 0.25) is 0 Å². The number of piperazine rings is 1. The molecule has 1 saturated heterocycles. The quantitative estimate of drug-likeness (QED) is 0.664. The summed E-state index contributed by atoms with van der Waals surface area (Å²) in [6, 6.07) is 1.43. The van der Waals surface area contributed by atoms with Gasteiger partial charge >= 0.3 is 0 Å². The second-order valence-corrected chi connectivity index (χ2v) is 6.59. The standard InChI is InChI=1S/C17H36N2/c1-6-9-10-11-12-15(4)19-14-17(7-2,8-3)18-13-16(19)5/h15-16,18H,6-14H2,1-5H3. The molecule has 1 aliphatic heterocycles. The molecule has 1 aliphatic rings. The average molecular weight is 268 g/mol. The lowest BCUT2D eigenvalue weighted by molar-refractivity contribution is 0.0463. The molecular weight excluding hydrogens is 232 g/mol. The van der Waals surface area contributed by atoms with Crippen molar-refractivity contribution in [2.75, 3.05) is 13.1 Å². The lowest BCUT2D eigenvalue weighted by Gasteiger charge is -2.49. The van der Waals surface area contributed by atoms with Crippen LogP contribution < -0.4 is 5.32 Å². The Morgan fingerprint density at radius 1 is 1.16 bits per heavy atom. The zero-order chi connectivity index (χ0) is 14.3. The molecule has 0 saturated carbocycles. The minimum absolute atomic E-state index is 0.365. The molecule has 1 rings (SSSR count). The Bertz CT molecular complexity index is 235. The van der Waals surface area contributed by atoms with Gasteiger partial charge in [-0.25, -0.2) is 0 Å². The van der Waals surface area contributed by atoms with Crippen LogP contribution in [-0.2, 0) is 0 Å². The number of nitrogens with zero attached hydrogens (tertiary/aromatic N) is 1. The van der Waals surface area contributed by atoms with E-state index in [0.29, 0.717) is 11.6 Å². The van der Waals surface area contributed by atoms with Crippen molar-refractivity contribution in [2.24, 2.45) is 0 Å². The summed E-state index contributed by atoms with van der Waals surface area (Å²) in [4.78, 5) is 2.76. The number of hydrogen-bond acceptors (Lipinski definition) is 2. The molecule has 1 fully saturated rings. The molecule has 0 aromatic heterocycles. The minimum atomic E-state index is 0.365. The van der Waals surface area contributed by atoms with E-state index in [1.54, 1.807) is 0 Å². The van der Waals surface area contributed by atoms with Crippen molar-refractivity contribution < 1.29 is 0 Å². The number of nitrogens with one attached hydrogen (secondary N) is 1. The third kappa shape index (κ3) is 4.75. The number of unbranched alkanes of at least 4 members (excludes halogenated alkanes) is 3. The number of rotatable bonds is 8. The lowest BCUT2D eigenvalue weighted by atomic mass is 9.87. The normalized spacial score (nSPS) is 25.4. The molecule has 2 atom stereocenters. The van der Waals surface area contributed by atoms with Crippen LogP contribution in [0.25, 0.3) is 0 Å². The second kappa shape index (κ2) is 8.26. The van der Waals surface area contributed by atoms with E-state index in [4.69, 9.17) is 0 Å². The minimum Gasteiger partial charge on any atom is -0.308 e. The molecule has 0 spiro atoms. The van der Waals surface area contributed by atoms with Gasteiger partial charge in [0.2, 0.25) is 0 Å². The number of hydrogen-bond donors (Lipinski definition) is 1. The Morgan fingerprint density at radius 3 is 2.42 bits per heavy atom. The Balaban J connectivity index is 2.48. The topological polar surface area (TPSA) is 15.3 Å². The summed E-state index contributed by atoms with van der Waals surface area (Å²) in [6.45, 7) is 14.2. The molecule has 19 heavy (non-hydrogen) atoms. The van der Waals surface area contributed by atoms with E-state index in [1.807, 2.05) is 0 Å². The summed E-state index contributed by atoms with van der Waals surface area (Å²) in [7, 11) is 0. The maximum absolute atomic E-state index is 3.80. The van der Waals surface area contributed by atoms with Gasteiger partial charge in [0.15, 0.2) is 0 Å². The zero-order valence-corrected chi connectivity index (χ0v) is 14.0. The van der Waals surface area contributed by atoms with Gasteiger partial charge in [0.05, 0.1) is 0 Å². The summed E-state index contributed by atoms with van der Waals surface area (Å²) in [5.41, 5.74) is 0.365. The van der Waals surface area contributed by atoms with Gasteiger partial charge in [0, 0.05) is 30.7 Å². The summed E-state index contributed by atoms with van der Waals surface area (Å²) >= 11 is 0. The third-order valence-electron chi connectivity index (χ3n) is 5.22. The van der Waals surface area contributed by atoms with Crippen molar-refractivity contribution >= 4 is 0 Å². The predicted octanol–water partition coefficient (Wildman–Crippen LogP) is 4.20. The molecule has 2 heteroatoms. The Morgan fingerprint density at radius 2 is 1.84 bits per heavy atom. The van der Waals surface area contributed by atoms with Crippen LogP contribution in [0.5, 0.6) is 0 Å². The first kappa shape index (κ1) is 17.0. The highest BCUT2D eigenvalue weighted by molar-refractivity contribution is 4.96. The molecule has 0 bridgehead atoms. The highest BCUT2D eigenvalue weighted by Crippen LogP contribution is 2.25. The van der Waals surface area contributed by atoms with Gasteiger partial charge in [0.25, 0.3) is 0 Å². The fourth-order valence-corrected chi connectivity index (χ4v) is 3.39. The van der Waals surface area contributed by atoms with E-state index in [2.05, 4.69) is 44.8 Å². The smallest absolute Gasteiger partial charge is 0.0304 e. The fourth-order valence-electron chi connectivity index (χ4n) is 3.39. The summed E-state index contributed by atoms with van der Waals surface area (Å²) in [5, 5.41) is 3.80. The van der Waals surface area contributed by atoms with E-state index >= 15 is 0 Å². The van der Waals surface area contributed by atoms with E-state index in [9.17, 15) is 0 Å². The van der Waals surface area contributed by atoms with Crippen molar-refractivity contribution in [2.45, 2.75) is 97.2 Å². The molecule has 1 heterocycles. The largest absolute Gasteiger partial charge is 0.308 e. The molecule has 0 amide bonds. The average Bonchev–Trinajstić information content (AvgIpc) is 2.44. The highest BCUT2D eigenvalue weighted by Gasteiger charge is 2.36. The highest BCUT2D eigenvalue weighted by atomic mass is 15.3.